The minimum atomic E-state index is -0.129. The number of nitrogens with zero attached hydrogens (tertiary/aromatic N) is 3. The number of nitrogens with one attached hydrogen (secondary N) is 1. The smallest absolute Gasteiger partial charge is 0.251 e. The van der Waals surface area contributed by atoms with Gasteiger partial charge in [0.25, 0.3) is 5.91 Å². The van der Waals surface area contributed by atoms with Crippen LogP contribution >= 0.6 is 0 Å². The second-order valence-electron chi connectivity index (χ2n) is 7.33. The van der Waals surface area contributed by atoms with Crippen LogP contribution in [0.2, 0.25) is 0 Å². The maximum absolute atomic E-state index is 12.6. The normalized spacial score (nSPS) is 13.7. The van der Waals surface area contributed by atoms with E-state index in [1.807, 2.05) is 52.2 Å². The Morgan fingerprint density at radius 2 is 1.83 bits per heavy atom. The highest BCUT2D eigenvalue weighted by Crippen LogP contribution is 2.15. The molecule has 2 amide bonds. The average Bonchev–Trinajstić information content (AvgIpc) is 3.36. The largest absolute Gasteiger partial charge is 0.348 e. The molecule has 1 fully saturated rings. The van der Waals surface area contributed by atoms with E-state index in [0.29, 0.717) is 31.6 Å². The molecule has 1 aromatic heterocycles. The topological polar surface area (TPSA) is 67.2 Å². The highest BCUT2D eigenvalue weighted by molar-refractivity contribution is 5.94. The third-order valence-corrected chi connectivity index (χ3v) is 5.06. The molecule has 0 unspecified atom stereocenters. The molecule has 4 rings (SSSR count). The van der Waals surface area contributed by atoms with Gasteiger partial charge in [0.1, 0.15) is 0 Å². The van der Waals surface area contributed by atoms with Crippen molar-refractivity contribution >= 4 is 11.8 Å². The van der Waals surface area contributed by atoms with Crippen molar-refractivity contribution in [2.24, 2.45) is 0 Å². The van der Waals surface area contributed by atoms with E-state index in [0.717, 1.165) is 24.1 Å². The molecule has 29 heavy (non-hydrogen) atoms. The molecule has 2 aromatic carbocycles. The first-order chi connectivity index (χ1) is 14.2. The van der Waals surface area contributed by atoms with Crippen LogP contribution in [0.4, 0.5) is 0 Å². The SMILES string of the molecule is O=C(NCc1cnn(Cc2ccccc2)c1)c1cccc(CN2CCCC2=O)c1. The molecule has 0 atom stereocenters. The molecular weight excluding hydrogens is 364 g/mol. The summed E-state index contributed by atoms with van der Waals surface area (Å²) in [6.45, 7) is 2.48. The Bertz CT molecular complexity index is 997. The first kappa shape index (κ1) is 18.9. The van der Waals surface area contributed by atoms with Crippen LogP contribution in [-0.4, -0.2) is 33.0 Å². The summed E-state index contributed by atoms with van der Waals surface area (Å²) in [4.78, 5) is 26.2. The van der Waals surface area contributed by atoms with Crippen molar-refractivity contribution in [3.8, 4) is 0 Å². The fourth-order valence-electron chi connectivity index (χ4n) is 3.54. The molecule has 148 valence electrons. The molecule has 6 heteroatoms. The third-order valence-electron chi connectivity index (χ3n) is 5.06. The summed E-state index contributed by atoms with van der Waals surface area (Å²) >= 11 is 0. The summed E-state index contributed by atoms with van der Waals surface area (Å²) < 4.78 is 1.87. The Morgan fingerprint density at radius 1 is 1.00 bits per heavy atom. The molecule has 0 saturated carbocycles. The summed E-state index contributed by atoms with van der Waals surface area (Å²) in [7, 11) is 0. The molecule has 1 aliphatic rings. The number of likely N-dealkylation sites (tertiary alicyclic amines) is 1. The number of benzene rings is 2. The molecule has 0 aliphatic carbocycles. The highest BCUT2D eigenvalue weighted by atomic mass is 16.2. The van der Waals surface area contributed by atoms with Crippen LogP contribution in [0.25, 0.3) is 0 Å². The minimum Gasteiger partial charge on any atom is -0.348 e. The van der Waals surface area contributed by atoms with Crippen molar-refractivity contribution in [2.45, 2.75) is 32.5 Å². The van der Waals surface area contributed by atoms with Gasteiger partial charge in [-0.3, -0.25) is 14.3 Å². The Morgan fingerprint density at radius 3 is 2.62 bits per heavy atom. The minimum absolute atomic E-state index is 0.129. The van der Waals surface area contributed by atoms with Crippen LogP contribution in [0.5, 0.6) is 0 Å². The van der Waals surface area contributed by atoms with Crippen molar-refractivity contribution in [1.82, 2.24) is 20.0 Å². The second-order valence-corrected chi connectivity index (χ2v) is 7.33. The number of amides is 2. The maximum atomic E-state index is 12.6. The van der Waals surface area contributed by atoms with Gasteiger partial charge in [0.2, 0.25) is 5.91 Å². The Hall–Kier alpha value is -3.41. The van der Waals surface area contributed by atoms with Gasteiger partial charge in [-0.15, -0.1) is 0 Å². The molecule has 6 nitrogen and oxygen atoms in total. The lowest BCUT2D eigenvalue weighted by Gasteiger charge is -2.16. The molecule has 1 aliphatic heterocycles. The Labute approximate surface area is 170 Å². The zero-order valence-electron chi connectivity index (χ0n) is 16.3. The van der Waals surface area contributed by atoms with E-state index in [-0.39, 0.29) is 11.8 Å². The quantitative estimate of drug-likeness (QED) is 0.677. The van der Waals surface area contributed by atoms with Gasteiger partial charge < -0.3 is 10.2 Å². The van der Waals surface area contributed by atoms with Gasteiger partial charge >= 0.3 is 0 Å². The molecule has 3 aromatic rings. The second kappa shape index (κ2) is 8.73. The Balaban J connectivity index is 1.33. The summed E-state index contributed by atoms with van der Waals surface area (Å²) in [5.74, 6) is 0.0581. The molecule has 1 saturated heterocycles. The number of hydrogen-bond acceptors (Lipinski definition) is 3. The number of hydrogen-bond donors (Lipinski definition) is 1. The van der Waals surface area contributed by atoms with E-state index in [1.165, 1.54) is 5.56 Å². The van der Waals surface area contributed by atoms with Crippen LogP contribution < -0.4 is 5.32 Å². The van der Waals surface area contributed by atoms with Crippen LogP contribution in [0.1, 0.15) is 39.9 Å². The standard InChI is InChI=1S/C23H24N4O2/c28-22-10-5-11-26(22)15-19-8-4-9-21(12-19)23(29)24-13-20-14-25-27(17-20)16-18-6-2-1-3-7-18/h1-4,6-9,12,14,17H,5,10-11,13,15-16H2,(H,24,29). The van der Waals surface area contributed by atoms with E-state index < -0.39 is 0 Å². The maximum Gasteiger partial charge on any atom is 0.251 e. The van der Waals surface area contributed by atoms with Crippen molar-refractivity contribution in [1.29, 1.82) is 0 Å². The number of carbonyl (C=O) groups is 2. The van der Waals surface area contributed by atoms with Crippen LogP contribution in [0.3, 0.4) is 0 Å². The van der Waals surface area contributed by atoms with E-state index >= 15 is 0 Å². The highest BCUT2D eigenvalue weighted by Gasteiger charge is 2.20. The third kappa shape index (κ3) is 4.90. The molecule has 1 N–H and O–H groups in total. The van der Waals surface area contributed by atoms with Crippen molar-refractivity contribution < 1.29 is 9.59 Å². The zero-order chi connectivity index (χ0) is 20.1. The lowest BCUT2D eigenvalue weighted by molar-refractivity contribution is -0.128. The molecule has 0 spiro atoms. The Kier molecular flexibility index (Phi) is 5.70. The van der Waals surface area contributed by atoms with Gasteiger partial charge in [-0.1, -0.05) is 42.5 Å². The van der Waals surface area contributed by atoms with Crippen LogP contribution in [0.15, 0.2) is 67.0 Å². The molecular formula is C23H24N4O2. The number of carbonyl (C=O) groups excluding carboxylic acids is 2. The fraction of sp³-hybridized carbons (Fsp3) is 0.261. The summed E-state index contributed by atoms with van der Waals surface area (Å²) in [5.41, 5.74) is 3.71. The van der Waals surface area contributed by atoms with Gasteiger partial charge in [0, 0.05) is 43.4 Å². The first-order valence-electron chi connectivity index (χ1n) is 9.87. The van der Waals surface area contributed by atoms with Gasteiger partial charge in [0.15, 0.2) is 0 Å². The van der Waals surface area contributed by atoms with Gasteiger partial charge in [-0.05, 0) is 29.7 Å². The van der Waals surface area contributed by atoms with Gasteiger partial charge in [0.05, 0.1) is 12.7 Å². The van der Waals surface area contributed by atoms with E-state index in [9.17, 15) is 9.59 Å². The lowest BCUT2D eigenvalue weighted by atomic mass is 10.1. The van der Waals surface area contributed by atoms with Crippen LogP contribution in [0, 0.1) is 0 Å². The first-order valence-corrected chi connectivity index (χ1v) is 9.87. The summed E-state index contributed by atoms with van der Waals surface area (Å²) in [6.07, 6.45) is 5.26. The van der Waals surface area contributed by atoms with E-state index in [1.54, 1.807) is 12.3 Å². The number of aromatic nitrogens is 2. The van der Waals surface area contributed by atoms with Crippen molar-refractivity contribution in [3.63, 3.8) is 0 Å². The number of rotatable bonds is 7. The van der Waals surface area contributed by atoms with Crippen molar-refractivity contribution in [3.05, 3.63) is 89.2 Å². The average molecular weight is 388 g/mol. The summed E-state index contributed by atoms with van der Waals surface area (Å²) in [5, 5.41) is 7.32. The summed E-state index contributed by atoms with van der Waals surface area (Å²) in [6, 6.07) is 17.6. The predicted molar refractivity (Wildman–Crippen MR) is 110 cm³/mol. The monoisotopic (exact) mass is 388 g/mol. The molecule has 2 heterocycles. The van der Waals surface area contributed by atoms with Crippen LogP contribution in [-0.2, 0) is 24.4 Å². The fourth-order valence-corrected chi connectivity index (χ4v) is 3.54. The van der Waals surface area contributed by atoms with Gasteiger partial charge in [-0.2, -0.15) is 5.10 Å². The molecule has 0 bridgehead atoms. The lowest BCUT2D eigenvalue weighted by Crippen LogP contribution is -2.25. The van der Waals surface area contributed by atoms with Crippen molar-refractivity contribution in [2.75, 3.05) is 6.54 Å². The van der Waals surface area contributed by atoms with E-state index in [4.69, 9.17) is 0 Å². The van der Waals surface area contributed by atoms with E-state index in [2.05, 4.69) is 22.5 Å². The van der Waals surface area contributed by atoms with Gasteiger partial charge in [-0.25, -0.2) is 0 Å². The predicted octanol–water partition coefficient (Wildman–Crippen LogP) is 2.98. The molecule has 0 radical (unpaired) electrons. The zero-order valence-corrected chi connectivity index (χ0v) is 16.3.